The number of rotatable bonds is 4. The van der Waals surface area contributed by atoms with Crippen LogP contribution in [-0.2, 0) is 16.6 Å². The summed E-state index contributed by atoms with van der Waals surface area (Å²) in [5.41, 5.74) is 2.10. The summed E-state index contributed by atoms with van der Waals surface area (Å²) in [4.78, 5) is 0.0333. The molecule has 2 aromatic rings. The van der Waals surface area contributed by atoms with Gasteiger partial charge in [-0.15, -0.1) is 0 Å². The molecule has 0 radical (unpaired) electrons. The van der Waals surface area contributed by atoms with Crippen molar-refractivity contribution in [3.8, 4) is 5.75 Å². The molecular formula is C14H15ClN2O3S. The number of halogens is 1. The summed E-state index contributed by atoms with van der Waals surface area (Å²) >= 11 is 5.88. The Hall–Kier alpha value is -1.76. The van der Waals surface area contributed by atoms with Crippen LogP contribution >= 0.6 is 11.6 Å². The highest BCUT2D eigenvalue weighted by Crippen LogP contribution is 2.24. The average Bonchev–Trinajstić information content (AvgIpc) is 2.40. The van der Waals surface area contributed by atoms with Crippen LogP contribution in [0.25, 0.3) is 0 Å². The number of phenols is 1. The zero-order chi connectivity index (χ0) is 15.6. The van der Waals surface area contributed by atoms with Crippen molar-refractivity contribution in [2.45, 2.75) is 18.4 Å². The Morgan fingerprint density at radius 1 is 1.24 bits per heavy atom. The zero-order valence-corrected chi connectivity index (χ0v) is 12.9. The maximum atomic E-state index is 11.4. The van der Waals surface area contributed by atoms with Crippen molar-refractivity contribution in [1.29, 1.82) is 0 Å². The minimum absolute atomic E-state index is 0.0333. The lowest BCUT2D eigenvalue weighted by Gasteiger charge is -2.12. The van der Waals surface area contributed by atoms with Crippen molar-refractivity contribution in [3.63, 3.8) is 0 Å². The summed E-state index contributed by atoms with van der Waals surface area (Å²) < 4.78 is 22.7. The van der Waals surface area contributed by atoms with Crippen molar-refractivity contribution in [3.05, 3.63) is 52.5 Å². The van der Waals surface area contributed by atoms with Crippen LogP contribution in [0.1, 0.15) is 11.1 Å². The minimum Gasteiger partial charge on any atom is -0.508 e. The van der Waals surface area contributed by atoms with E-state index in [0.717, 1.165) is 5.56 Å². The van der Waals surface area contributed by atoms with E-state index in [2.05, 4.69) is 5.32 Å². The van der Waals surface area contributed by atoms with Crippen molar-refractivity contribution in [2.75, 3.05) is 5.32 Å². The normalized spacial score (nSPS) is 11.4. The van der Waals surface area contributed by atoms with Gasteiger partial charge in [0.25, 0.3) is 0 Å². The van der Waals surface area contributed by atoms with Crippen LogP contribution in [0.4, 0.5) is 5.69 Å². The van der Waals surface area contributed by atoms with E-state index in [4.69, 9.17) is 16.7 Å². The highest BCUT2D eigenvalue weighted by molar-refractivity contribution is 7.89. The Bertz CT molecular complexity index is 776. The Labute approximate surface area is 128 Å². The van der Waals surface area contributed by atoms with Crippen LogP contribution in [0.2, 0.25) is 5.02 Å². The zero-order valence-electron chi connectivity index (χ0n) is 11.3. The Morgan fingerprint density at radius 3 is 2.62 bits per heavy atom. The topological polar surface area (TPSA) is 92.4 Å². The van der Waals surface area contributed by atoms with Crippen LogP contribution in [0.5, 0.6) is 5.75 Å². The standard InChI is InChI=1S/C14H15ClN2O3S/c1-9-2-4-12(21(16,19)20)7-13(9)17-8-10-6-11(15)3-5-14(10)18/h2-7,17-18H,8H2,1H3,(H2,16,19,20). The molecule has 0 bridgehead atoms. The molecule has 0 saturated heterocycles. The van der Waals surface area contributed by atoms with Gasteiger partial charge in [0.15, 0.2) is 0 Å². The molecule has 21 heavy (non-hydrogen) atoms. The van der Waals surface area contributed by atoms with Crippen LogP contribution in [0, 0.1) is 6.92 Å². The summed E-state index contributed by atoms with van der Waals surface area (Å²) in [5, 5.41) is 18.5. The van der Waals surface area contributed by atoms with Crippen molar-refractivity contribution < 1.29 is 13.5 Å². The van der Waals surface area contributed by atoms with Gasteiger partial charge in [-0.1, -0.05) is 17.7 Å². The summed E-state index contributed by atoms with van der Waals surface area (Å²) in [6, 6.07) is 9.32. The van der Waals surface area contributed by atoms with Gasteiger partial charge in [0.1, 0.15) is 5.75 Å². The van der Waals surface area contributed by atoms with Gasteiger partial charge in [-0.05, 0) is 42.8 Å². The molecule has 0 spiro atoms. The minimum atomic E-state index is -3.75. The number of anilines is 1. The quantitative estimate of drug-likeness (QED) is 0.805. The van der Waals surface area contributed by atoms with Gasteiger partial charge in [-0.25, -0.2) is 13.6 Å². The number of sulfonamides is 1. The first-order valence-corrected chi connectivity index (χ1v) is 8.04. The van der Waals surface area contributed by atoms with E-state index < -0.39 is 10.0 Å². The number of primary sulfonamides is 1. The molecule has 0 aliphatic rings. The first-order valence-electron chi connectivity index (χ1n) is 6.12. The highest BCUT2D eigenvalue weighted by atomic mass is 35.5. The summed E-state index contributed by atoms with van der Waals surface area (Å²) in [5.74, 6) is 0.118. The van der Waals surface area contributed by atoms with Gasteiger partial charge in [-0.2, -0.15) is 0 Å². The van der Waals surface area contributed by atoms with Crippen molar-refractivity contribution >= 4 is 27.3 Å². The summed E-state index contributed by atoms with van der Waals surface area (Å²) in [7, 11) is -3.75. The van der Waals surface area contributed by atoms with E-state index in [0.29, 0.717) is 22.8 Å². The molecule has 0 unspecified atom stereocenters. The largest absolute Gasteiger partial charge is 0.508 e. The predicted octanol–water partition coefficient (Wildman–Crippen LogP) is 2.61. The first-order chi connectivity index (χ1) is 9.77. The predicted molar refractivity (Wildman–Crippen MR) is 83.0 cm³/mol. The van der Waals surface area contributed by atoms with Crippen molar-refractivity contribution in [2.24, 2.45) is 5.14 Å². The third-order valence-corrected chi connectivity index (χ3v) is 4.19. The maximum absolute atomic E-state index is 11.4. The molecular weight excluding hydrogens is 312 g/mol. The molecule has 112 valence electrons. The van der Waals surface area contributed by atoms with Crippen molar-refractivity contribution in [1.82, 2.24) is 0 Å². The molecule has 4 N–H and O–H groups in total. The van der Waals surface area contributed by atoms with Gasteiger partial charge < -0.3 is 10.4 Å². The van der Waals surface area contributed by atoms with E-state index in [1.54, 1.807) is 18.2 Å². The fourth-order valence-corrected chi connectivity index (χ4v) is 2.59. The summed E-state index contributed by atoms with van der Waals surface area (Å²) in [6.45, 7) is 2.15. The Morgan fingerprint density at radius 2 is 1.95 bits per heavy atom. The number of hydrogen-bond acceptors (Lipinski definition) is 4. The summed E-state index contributed by atoms with van der Waals surface area (Å²) in [6.07, 6.45) is 0. The average molecular weight is 327 g/mol. The molecule has 0 aliphatic carbocycles. The van der Waals surface area contributed by atoms with Gasteiger partial charge in [-0.3, -0.25) is 0 Å². The number of nitrogens with one attached hydrogen (secondary N) is 1. The number of nitrogens with two attached hydrogens (primary N) is 1. The highest BCUT2D eigenvalue weighted by Gasteiger charge is 2.10. The number of aromatic hydroxyl groups is 1. The number of aryl methyl sites for hydroxylation is 1. The van der Waals surface area contributed by atoms with Crippen LogP contribution in [0.3, 0.4) is 0 Å². The lowest BCUT2D eigenvalue weighted by atomic mass is 10.1. The van der Waals surface area contributed by atoms with Gasteiger partial charge in [0.05, 0.1) is 4.90 Å². The Balaban J connectivity index is 2.26. The molecule has 2 rings (SSSR count). The second-order valence-corrected chi connectivity index (χ2v) is 6.65. The molecule has 7 heteroatoms. The molecule has 0 fully saturated rings. The van der Waals surface area contributed by atoms with Gasteiger partial charge in [0.2, 0.25) is 10.0 Å². The van der Waals surface area contributed by atoms with Gasteiger partial charge >= 0.3 is 0 Å². The number of hydrogen-bond donors (Lipinski definition) is 3. The molecule has 0 amide bonds. The van der Waals surface area contributed by atoms with E-state index in [1.807, 2.05) is 6.92 Å². The van der Waals surface area contributed by atoms with Crippen LogP contribution in [-0.4, -0.2) is 13.5 Å². The monoisotopic (exact) mass is 326 g/mol. The SMILES string of the molecule is Cc1ccc(S(N)(=O)=O)cc1NCc1cc(Cl)ccc1O. The van der Waals surface area contributed by atoms with Crippen LogP contribution < -0.4 is 10.5 Å². The maximum Gasteiger partial charge on any atom is 0.238 e. The molecule has 0 atom stereocenters. The second kappa shape index (κ2) is 5.93. The molecule has 0 saturated carbocycles. The lowest BCUT2D eigenvalue weighted by Crippen LogP contribution is -2.13. The van der Waals surface area contributed by atoms with Gasteiger partial charge in [0, 0.05) is 22.8 Å². The smallest absolute Gasteiger partial charge is 0.238 e. The van der Waals surface area contributed by atoms with Crippen LogP contribution in [0.15, 0.2) is 41.3 Å². The fraction of sp³-hybridized carbons (Fsp3) is 0.143. The Kier molecular flexibility index (Phi) is 4.41. The van der Waals surface area contributed by atoms with E-state index in [-0.39, 0.29) is 10.6 Å². The van der Waals surface area contributed by atoms with E-state index in [1.165, 1.54) is 18.2 Å². The van der Waals surface area contributed by atoms with E-state index in [9.17, 15) is 13.5 Å². The third-order valence-electron chi connectivity index (χ3n) is 3.05. The fourth-order valence-electron chi connectivity index (χ4n) is 1.85. The second-order valence-electron chi connectivity index (χ2n) is 4.65. The molecule has 5 nitrogen and oxygen atoms in total. The first kappa shape index (κ1) is 15.6. The molecule has 0 aliphatic heterocycles. The molecule has 0 heterocycles. The number of phenolic OH excluding ortho intramolecular Hbond substituents is 1. The molecule has 2 aromatic carbocycles. The third kappa shape index (κ3) is 3.87. The lowest BCUT2D eigenvalue weighted by molar-refractivity contribution is 0.469. The number of benzene rings is 2. The van der Waals surface area contributed by atoms with E-state index >= 15 is 0 Å². The molecule has 0 aromatic heterocycles.